The number of amides is 3. The molecule has 59 heavy (non-hydrogen) atoms. The third-order valence-corrected chi connectivity index (χ3v) is 11.9. The second-order valence-corrected chi connectivity index (χ2v) is 18.3. The van der Waals surface area contributed by atoms with E-state index in [-0.39, 0.29) is 71.0 Å². The van der Waals surface area contributed by atoms with Gasteiger partial charge < -0.3 is 35.3 Å². The lowest BCUT2D eigenvalue weighted by Gasteiger charge is -2.68. The lowest BCUT2D eigenvalue weighted by atomic mass is 9.46. The summed E-state index contributed by atoms with van der Waals surface area (Å²) in [4.78, 5) is 68.6. The molecular weight excluding hydrogens is 775 g/mol. The van der Waals surface area contributed by atoms with E-state index in [4.69, 9.17) is 14.2 Å². The molecule has 2 aromatic carbocycles. The number of hydrogen-bond acceptors (Lipinski definition) is 10. The predicted octanol–water partition coefficient (Wildman–Crippen LogP) is 5.26. The lowest BCUT2D eigenvalue weighted by molar-refractivity contribution is -0.243. The van der Waals surface area contributed by atoms with Crippen LogP contribution in [0.15, 0.2) is 48.5 Å². The average Bonchev–Trinajstić information content (AvgIpc) is 3.03. The van der Waals surface area contributed by atoms with Crippen molar-refractivity contribution in [2.75, 3.05) is 0 Å². The molecule has 16 heteroatoms. The fourth-order valence-corrected chi connectivity index (χ4v) is 9.78. The van der Waals surface area contributed by atoms with E-state index < -0.39 is 40.8 Å². The molecule has 0 radical (unpaired) electrons. The number of carbonyl (C=O) groups is 6. The minimum atomic E-state index is -4.82. The van der Waals surface area contributed by atoms with Crippen LogP contribution in [0.2, 0.25) is 0 Å². The van der Waals surface area contributed by atoms with Gasteiger partial charge in [0, 0.05) is 64.8 Å². The summed E-state index contributed by atoms with van der Waals surface area (Å²) in [6.07, 6.45) is 1.17. The van der Waals surface area contributed by atoms with Crippen LogP contribution in [-0.2, 0) is 39.9 Å². The summed E-state index contributed by atoms with van der Waals surface area (Å²) in [5.41, 5.74) is -0.137. The van der Waals surface area contributed by atoms with Gasteiger partial charge in [0.2, 0.25) is 11.8 Å². The Balaban J connectivity index is 0.000000155. The number of halogens is 3. The molecule has 1 atom stereocenters. The standard InChI is InChI=1S/C20H27NO3.C16H17NO5.C7H8F3NO2/c1-13(2)9-16-5-7-17(8-6-16)14(3)18(23)24-20-10-19(11-20,12-20)21-15(4)22;1-10(18)17-15-7-16(8-15,9-15)22-14(20)12-5-3-4-6-13(12)21-11(2)19;8-7(9,10)4(12)11-5-1-6(13,2-5)3-5/h5-8,13-14H,9-12H2,1-4H3,(H,21,22);3-6H,7-9H2,1-2H3,(H,17,18);13H,1-3H2,(H,11,12). The van der Waals surface area contributed by atoms with Crippen molar-refractivity contribution in [1.82, 2.24) is 16.0 Å². The van der Waals surface area contributed by atoms with Gasteiger partial charge in [0.05, 0.1) is 22.6 Å². The summed E-state index contributed by atoms with van der Waals surface area (Å²) < 4.78 is 51.7. The Morgan fingerprint density at radius 1 is 0.695 bits per heavy atom. The summed E-state index contributed by atoms with van der Waals surface area (Å²) in [7, 11) is 0. The fraction of sp³-hybridized carbons (Fsp3) is 0.581. The molecule has 0 heterocycles. The van der Waals surface area contributed by atoms with Crippen LogP contribution in [0.4, 0.5) is 13.2 Å². The molecule has 9 saturated carbocycles. The van der Waals surface area contributed by atoms with Gasteiger partial charge in [-0.15, -0.1) is 0 Å². The highest BCUT2D eigenvalue weighted by molar-refractivity contribution is 5.94. The van der Waals surface area contributed by atoms with Crippen LogP contribution in [0.3, 0.4) is 0 Å². The van der Waals surface area contributed by atoms with Crippen molar-refractivity contribution in [2.24, 2.45) is 5.92 Å². The van der Waals surface area contributed by atoms with Gasteiger partial charge in [-0.1, -0.05) is 50.2 Å². The van der Waals surface area contributed by atoms with Gasteiger partial charge in [0.1, 0.15) is 22.5 Å². The number of alkyl halides is 3. The van der Waals surface area contributed by atoms with Gasteiger partial charge in [-0.05, 0) is 61.8 Å². The Morgan fingerprint density at radius 3 is 1.61 bits per heavy atom. The van der Waals surface area contributed by atoms with E-state index in [1.165, 1.54) is 26.3 Å². The van der Waals surface area contributed by atoms with Crippen molar-refractivity contribution in [3.05, 3.63) is 65.2 Å². The topological polar surface area (TPSA) is 186 Å². The maximum Gasteiger partial charge on any atom is 0.471 e. The van der Waals surface area contributed by atoms with E-state index in [2.05, 4.69) is 36.6 Å². The van der Waals surface area contributed by atoms with Crippen molar-refractivity contribution in [3.63, 3.8) is 0 Å². The molecule has 13 nitrogen and oxygen atoms in total. The molecule has 9 aliphatic carbocycles. The molecular formula is C43H52F3N3O10. The zero-order chi connectivity index (χ0) is 43.4. The van der Waals surface area contributed by atoms with Crippen LogP contribution >= 0.6 is 0 Å². The second-order valence-electron chi connectivity index (χ2n) is 18.3. The third kappa shape index (κ3) is 9.42. The molecule has 1 unspecified atom stereocenters. The largest absolute Gasteiger partial charge is 0.471 e. The molecule has 3 amide bonds. The predicted molar refractivity (Wildman–Crippen MR) is 205 cm³/mol. The number of nitrogens with one attached hydrogen (secondary N) is 3. The highest BCUT2D eigenvalue weighted by Crippen LogP contribution is 2.64. The van der Waals surface area contributed by atoms with Gasteiger partial charge in [-0.25, -0.2) is 4.79 Å². The third-order valence-electron chi connectivity index (χ3n) is 11.9. The number of benzene rings is 2. The van der Waals surface area contributed by atoms with Gasteiger partial charge in [0.15, 0.2) is 0 Å². The Morgan fingerprint density at radius 2 is 1.17 bits per heavy atom. The Labute approximate surface area is 340 Å². The first-order valence-electron chi connectivity index (χ1n) is 19.8. The Hall–Kier alpha value is -4.99. The van der Waals surface area contributed by atoms with Crippen LogP contribution in [0.5, 0.6) is 5.75 Å². The minimum absolute atomic E-state index is 0.00974. The first-order chi connectivity index (χ1) is 27.3. The van der Waals surface area contributed by atoms with E-state index in [9.17, 15) is 47.0 Å². The van der Waals surface area contributed by atoms with Crippen LogP contribution in [0, 0.1) is 5.92 Å². The van der Waals surface area contributed by atoms with E-state index in [1.807, 2.05) is 24.4 Å². The van der Waals surface area contributed by atoms with Crippen molar-refractivity contribution in [1.29, 1.82) is 0 Å². The van der Waals surface area contributed by atoms with Crippen LogP contribution < -0.4 is 20.7 Å². The van der Waals surface area contributed by atoms with Gasteiger partial charge in [0.25, 0.3) is 0 Å². The molecule has 6 bridgehead atoms. The maximum atomic E-state index is 12.5. The SMILES string of the molecule is CC(=O)NC12CC(OC(=O)C(C)c3ccc(CC(C)C)cc3)(C1)C2.CC(=O)NC12CC(OC(=O)c3ccccc3OC(C)=O)(C1)C2.O=C(NC12CC(O)(C1)C2)C(F)(F)F. The molecule has 2 aromatic rings. The summed E-state index contributed by atoms with van der Waals surface area (Å²) in [6, 6.07) is 14.8. The molecule has 11 rings (SSSR count). The molecule has 9 fully saturated rings. The van der Waals surface area contributed by atoms with Crippen molar-refractivity contribution >= 4 is 35.6 Å². The number of aliphatic hydroxyl groups is 1. The number of hydrogen-bond donors (Lipinski definition) is 4. The quantitative estimate of drug-likeness (QED) is 0.172. The zero-order valence-corrected chi connectivity index (χ0v) is 34.1. The summed E-state index contributed by atoms with van der Waals surface area (Å²) in [5.74, 6) is -2.59. The van der Waals surface area contributed by atoms with Crippen LogP contribution in [0.25, 0.3) is 0 Å². The number of ether oxygens (including phenoxy) is 3. The molecule has 0 aromatic heterocycles. The summed E-state index contributed by atoms with van der Waals surface area (Å²) in [6.45, 7) is 10.6. The normalized spacial score (nSPS) is 31.2. The highest BCUT2D eigenvalue weighted by Gasteiger charge is 2.72. The molecule has 0 spiro atoms. The lowest BCUT2D eigenvalue weighted by Crippen LogP contribution is -2.79. The second kappa shape index (κ2) is 15.2. The summed E-state index contributed by atoms with van der Waals surface area (Å²) in [5, 5.41) is 17.0. The summed E-state index contributed by atoms with van der Waals surface area (Å²) >= 11 is 0. The zero-order valence-electron chi connectivity index (χ0n) is 34.1. The van der Waals surface area contributed by atoms with Crippen LogP contribution in [0.1, 0.15) is 127 Å². The van der Waals surface area contributed by atoms with Crippen LogP contribution in [-0.4, -0.2) is 80.3 Å². The van der Waals surface area contributed by atoms with E-state index in [1.54, 1.807) is 24.3 Å². The average molecular weight is 828 g/mol. The molecule has 0 saturated heterocycles. The van der Waals surface area contributed by atoms with Crippen molar-refractivity contribution in [2.45, 2.75) is 151 Å². The molecule has 9 aliphatic rings. The molecule has 4 N–H and O–H groups in total. The number of esters is 3. The Bertz CT molecular complexity index is 1970. The first-order valence-corrected chi connectivity index (χ1v) is 19.8. The van der Waals surface area contributed by atoms with Crippen molar-refractivity contribution in [3.8, 4) is 5.75 Å². The maximum absolute atomic E-state index is 12.5. The fourth-order valence-electron chi connectivity index (χ4n) is 9.78. The molecule has 0 aliphatic heterocycles. The Kier molecular flexibility index (Phi) is 11.3. The number of carbonyl (C=O) groups excluding carboxylic acids is 6. The highest BCUT2D eigenvalue weighted by atomic mass is 19.4. The molecule has 320 valence electrons. The van der Waals surface area contributed by atoms with Crippen molar-refractivity contribution < 1.29 is 61.3 Å². The van der Waals surface area contributed by atoms with Gasteiger partial charge in [-0.3, -0.25) is 24.0 Å². The van der Waals surface area contributed by atoms with Gasteiger partial charge in [-0.2, -0.15) is 13.2 Å². The van der Waals surface area contributed by atoms with E-state index in [0.717, 1.165) is 31.2 Å². The monoisotopic (exact) mass is 827 g/mol. The number of rotatable bonds is 11. The minimum Gasteiger partial charge on any atom is -0.458 e. The van der Waals surface area contributed by atoms with Gasteiger partial charge >= 0.3 is 30.0 Å². The van der Waals surface area contributed by atoms with E-state index >= 15 is 0 Å². The van der Waals surface area contributed by atoms with E-state index in [0.29, 0.717) is 25.2 Å². The number of para-hydroxylation sites is 1. The smallest absolute Gasteiger partial charge is 0.458 e. The first kappa shape index (κ1) is 43.6.